The third kappa shape index (κ3) is 5.74. The van der Waals surface area contributed by atoms with E-state index >= 15 is 0 Å². The van der Waals surface area contributed by atoms with Gasteiger partial charge in [-0.15, -0.1) is 0 Å². The summed E-state index contributed by atoms with van der Waals surface area (Å²) in [5, 5.41) is 6.75. The monoisotopic (exact) mass is 400 g/mol. The quantitative estimate of drug-likeness (QED) is 0.771. The van der Waals surface area contributed by atoms with E-state index in [0.717, 1.165) is 31.9 Å². The summed E-state index contributed by atoms with van der Waals surface area (Å²) < 4.78 is 13.2. The smallest absolute Gasteiger partial charge is 0.238 e. The summed E-state index contributed by atoms with van der Waals surface area (Å²) in [6, 6.07) is 12.2. The first-order valence-corrected chi connectivity index (χ1v) is 9.72. The van der Waals surface area contributed by atoms with Crippen LogP contribution in [-0.4, -0.2) is 53.5 Å². The molecule has 1 saturated heterocycles. The Kier molecular flexibility index (Phi) is 6.59. The van der Waals surface area contributed by atoms with E-state index in [1.165, 1.54) is 23.3 Å². The Morgan fingerprint density at radius 1 is 1.00 bits per heavy atom. The summed E-state index contributed by atoms with van der Waals surface area (Å²) in [5.41, 5.74) is 3.86. The van der Waals surface area contributed by atoms with Gasteiger partial charge in [-0.05, 0) is 67.5 Å². The SMILES string of the molecule is Cc1cc(C)cc(NC(=S)N2CCN(CC(=O)Nc3cccc(F)c3)CC2)c1. The van der Waals surface area contributed by atoms with Crippen molar-refractivity contribution in [2.45, 2.75) is 13.8 Å². The first-order chi connectivity index (χ1) is 13.4. The van der Waals surface area contributed by atoms with E-state index in [1.807, 2.05) is 0 Å². The molecule has 1 aliphatic heterocycles. The molecule has 2 aromatic rings. The fraction of sp³-hybridized carbons (Fsp3) is 0.333. The van der Waals surface area contributed by atoms with Crippen LogP contribution in [0.25, 0.3) is 0 Å². The zero-order valence-corrected chi connectivity index (χ0v) is 17.0. The number of hydrogen-bond acceptors (Lipinski definition) is 3. The van der Waals surface area contributed by atoms with E-state index in [1.54, 1.807) is 12.1 Å². The average molecular weight is 401 g/mol. The second-order valence-electron chi connectivity index (χ2n) is 7.13. The Balaban J connectivity index is 1.46. The summed E-state index contributed by atoms with van der Waals surface area (Å²) in [6.45, 7) is 7.40. The van der Waals surface area contributed by atoms with Crippen LogP contribution in [-0.2, 0) is 4.79 Å². The van der Waals surface area contributed by atoms with Crippen molar-refractivity contribution in [3.63, 3.8) is 0 Å². The molecule has 2 aromatic carbocycles. The molecule has 1 aliphatic rings. The van der Waals surface area contributed by atoms with E-state index in [0.29, 0.717) is 10.8 Å². The lowest BCUT2D eigenvalue weighted by Crippen LogP contribution is -2.51. The zero-order chi connectivity index (χ0) is 20.1. The highest BCUT2D eigenvalue weighted by Gasteiger charge is 2.21. The molecular weight excluding hydrogens is 375 g/mol. The maximum atomic E-state index is 13.2. The van der Waals surface area contributed by atoms with Crippen molar-refractivity contribution in [2.75, 3.05) is 43.4 Å². The van der Waals surface area contributed by atoms with Crippen LogP contribution in [0.2, 0.25) is 0 Å². The van der Waals surface area contributed by atoms with E-state index in [-0.39, 0.29) is 18.3 Å². The molecule has 0 radical (unpaired) electrons. The van der Waals surface area contributed by atoms with Crippen molar-refractivity contribution in [2.24, 2.45) is 0 Å². The molecule has 0 aromatic heterocycles. The van der Waals surface area contributed by atoms with Gasteiger partial charge < -0.3 is 15.5 Å². The molecule has 0 spiro atoms. The maximum Gasteiger partial charge on any atom is 0.238 e. The van der Waals surface area contributed by atoms with Gasteiger partial charge in [0, 0.05) is 37.6 Å². The van der Waals surface area contributed by atoms with Crippen LogP contribution >= 0.6 is 12.2 Å². The molecule has 0 bridgehead atoms. The van der Waals surface area contributed by atoms with Gasteiger partial charge in [-0.1, -0.05) is 12.1 Å². The first kappa shape index (κ1) is 20.2. The highest BCUT2D eigenvalue weighted by molar-refractivity contribution is 7.80. The highest BCUT2D eigenvalue weighted by atomic mass is 32.1. The Morgan fingerprint density at radius 3 is 2.32 bits per heavy atom. The summed E-state index contributed by atoms with van der Waals surface area (Å²) in [6.07, 6.45) is 0. The van der Waals surface area contributed by atoms with Gasteiger partial charge in [0.1, 0.15) is 5.82 Å². The number of rotatable bonds is 4. The summed E-state index contributed by atoms with van der Waals surface area (Å²) in [5.74, 6) is -0.508. The number of anilines is 2. The zero-order valence-electron chi connectivity index (χ0n) is 16.2. The molecule has 0 atom stereocenters. The molecule has 0 saturated carbocycles. The number of nitrogens with zero attached hydrogens (tertiary/aromatic N) is 2. The van der Waals surface area contributed by atoms with Crippen LogP contribution in [0.5, 0.6) is 0 Å². The Morgan fingerprint density at radius 2 is 1.68 bits per heavy atom. The topological polar surface area (TPSA) is 47.6 Å². The molecule has 3 rings (SSSR count). The summed E-state index contributed by atoms with van der Waals surface area (Å²) in [7, 11) is 0. The van der Waals surface area contributed by atoms with Gasteiger partial charge >= 0.3 is 0 Å². The number of benzene rings is 2. The molecule has 2 N–H and O–H groups in total. The lowest BCUT2D eigenvalue weighted by Gasteiger charge is -2.35. The number of carbonyl (C=O) groups is 1. The van der Waals surface area contributed by atoms with Crippen LogP contribution in [0.1, 0.15) is 11.1 Å². The minimum absolute atomic E-state index is 0.144. The highest BCUT2D eigenvalue weighted by Crippen LogP contribution is 2.15. The summed E-state index contributed by atoms with van der Waals surface area (Å²) in [4.78, 5) is 16.4. The minimum Gasteiger partial charge on any atom is -0.346 e. The van der Waals surface area contributed by atoms with Gasteiger partial charge in [-0.3, -0.25) is 9.69 Å². The van der Waals surface area contributed by atoms with Gasteiger partial charge in [-0.2, -0.15) is 0 Å². The van der Waals surface area contributed by atoms with Gasteiger partial charge in [0.25, 0.3) is 0 Å². The molecule has 1 amide bonds. The van der Waals surface area contributed by atoms with E-state index in [4.69, 9.17) is 12.2 Å². The number of amides is 1. The van der Waals surface area contributed by atoms with Gasteiger partial charge in [0.15, 0.2) is 5.11 Å². The molecule has 7 heteroatoms. The normalized spacial score (nSPS) is 14.6. The average Bonchev–Trinajstić information content (AvgIpc) is 2.61. The van der Waals surface area contributed by atoms with Crippen LogP contribution < -0.4 is 10.6 Å². The molecule has 5 nitrogen and oxygen atoms in total. The molecule has 148 valence electrons. The second-order valence-corrected chi connectivity index (χ2v) is 7.51. The van der Waals surface area contributed by atoms with Gasteiger partial charge in [0.2, 0.25) is 5.91 Å². The fourth-order valence-electron chi connectivity index (χ4n) is 3.33. The van der Waals surface area contributed by atoms with E-state index < -0.39 is 0 Å². The number of nitrogens with one attached hydrogen (secondary N) is 2. The van der Waals surface area contributed by atoms with Crippen LogP contribution in [0, 0.1) is 19.7 Å². The molecular formula is C21H25FN4OS. The van der Waals surface area contributed by atoms with Gasteiger partial charge in [0.05, 0.1) is 6.54 Å². The van der Waals surface area contributed by atoms with Crippen molar-refractivity contribution < 1.29 is 9.18 Å². The molecule has 1 fully saturated rings. The van der Waals surface area contributed by atoms with Crippen molar-refractivity contribution in [3.8, 4) is 0 Å². The standard InChI is InChI=1S/C21H25FN4OS/c1-15-10-16(2)12-19(11-15)24-21(28)26-8-6-25(7-9-26)14-20(27)23-18-5-3-4-17(22)13-18/h3-5,10-13H,6-9,14H2,1-2H3,(H,23,27)(H,24,28). The summed E-state index contributed by atoms with van der Waals surface area (Å²) >= 11 is 5.55. The number of aryl methyl sites for hydroxylation is 2. The predicted molar refractivity (Wildman–Crippen MR) is 115 cm³/mol. The Bertz CT molecular complexity index is 845. The van der Waals surface area contributed by atoms with Crippen molar-refractivity contribution in [1.29, 1.82) is 0 Å². The van der Waals surface area contributed by atoms with Crippen molar-refractivity contribution in [3.05, 3.63) is 59.4 Å². The molecule has 28 heavy (non-hydrogen) atoms. The van der Waals surface area contributed by atoms with Crippen molar-refractivity contribution >= 4 is 34.6 Å². The first-order valence-electron chi connectivity index (χ1n) is 9.31. The third-order valence-corrected chi connectivity index (χ3v) is 4.97. The number of carbonyl (C=O) groups excluding carboxylic acids is 1. The largest absolute Gasteiger partial charge is 0.346 e. The second kappa shape index (κ2) is 9.12. The lowest BCUT2D eigenvalue weighted by atomic mass is 10.1. The maximum absolute atomic E-state index is 13.2. The number of halogens is 1. The number of thiocarbonyl (C=S) groups is 1. The van der Waals surface area contributed by atoms with E-state index in [2.05, 4.69) is 52.5 Å². The van der Waals surface area contributed by atoms with E-state index in [9.17, 15) is 9.18 Å². The van der Waals surface area contributed by atoms with Crippen LogP contribution in [0.4, 0.5) is 15.8 Å². The molecule has 1 heterocycles. The third-order valence-electron chi connectivity index (χ3n) is 4.61. The Hall–Kier alpha value is -2.51. The fourth-order valence-corrected chi connectivity index (χ4v) is 3.63. The predicted octanol–water partition coefficient (Wildman–Crippen LogP) is 3.40. The van der Waals surface area contributed by atoms with Crippen LogP contribution in [0.15, 0.2) is 42.5 Å². The lowest BCUT2D eigenvalue weighted by molar-refractivity contribution is -0.117. The minimum atomic E-state index is -0.365. The van der Waals surface area contributed by atoms with Crippen molar-refractivity contribution in [1.82, 2.24) is 9.80 Å². The van der Waals surface area contributed by atoms with Gasteiger partial charge in [-0.25, -0.2) is 4.39 Å². The molecule has 0 unspecified atom stereocenters. The number of hydrogen-bond donors (Lipinski definition) is 2. The van der Waals surface area contributed by atoms with Crippen LogP contribution in [0.3, 0.4) is 0 Å². The molecule has 0 aliphatic carbocycles. The Labute approximate surface area is 170 Å². The number of piperazine rings is 1.